The summed E-state index contributed by atoms with van der Waals surface area (Å²) < 4.78 is 5.04. The summed E-state index contributed by atoms with van der Waals surface area (Å²) in [6.45, 7) is 1.49. The minimum atomic E-state index is -1.11. The fourth-order valence-corrected chi connectivity index (χ4v) is 4.74. The van der Waals surface area contributed by atoms with Crippen LogP contribution in [0.3, 0.4) is 0 Å². The molecule has 1 aromatic carbocycles. The lowest BCUT2D eigenvalue weighted by Gasteiger charge is -2.29. The number of carboxylic acid groups (broad SMARTS) is 1. The van der Waals surface area contributed by atoms with Crippen LogP contribution in [0.4, 0.5) is 5.69 Å². The summed E-state index contributed by atoms with van der Waals surface area (Å²) in [7, 11) is 0. The number of rotatable bonds is 5. The molecule has 0 aromatic heterocycles. The number of fused-ring (bicyclic) bond motifs is 1. The number of carbonyl (C=O) groups is 3. The predicted octanol–water partition coefficient (Wildman–Crippen LogP) is 2.20. The molecule has 2 saturated heterocycles. The van der Waals surface area contributed by atoms with Gasteiger partial charge in [0.15, 0.2) is 6.61 Å². The van der Waals surface area contributed by atoms with Gasteiger partial charge in [0, 0.05) is 17.9 Å². The van der Waals surface area contributed by atoms with E-state index in [4.69, 9.17) is 21.4 Å². The molecule has 0 bridgehead atoms. The molecule has 9 heteroatoms. The van der Waals surface area contributed by atoms with Gasteiger partial charge in [-0.25, -0.2) is 4.79 Å². The molecule has 2 N–H and O–H groups in total. The topological polar surface area (TPSA) is 95.9 Å². The number of carbonyl (C=O) groups excluding carboxylic acids is 2. The standard InChI is InChI=1S/C16H17ClN2O5S/c1-16-5-4-13(20)19(16)11(8-25-16)15(23)18-9-2-3-12(10(17)6-9)24-7-14(21)22/h2-3,6,11H,4-5,7-8H2,1H3,(H,18,23)(H,21,22). The van der Waals surface area contributed by atoms with Crippen molar-refractivity contribution in [2.45, 2.75) is 30.7 Å². The lowest BCUT2D eigenvalue weighted by atomic mass is 10.2. The Morgan fingerprint density at radius 2 is 2.28 bits per heavy atom. The van der Waals surface area contributed by atoms with Crippen LogP contribution in [0.2, 0.25) is 5.02 Å². The van der Waals surface area contributed by atoms with Crippen LogP contribution in [0.25, 0.3) is 0 Å². The zero-order valence-electron chi connectivity index (χ0n) is 13.5. The van der Waals surface area contributed by atoms with Crippen LogP contribution < -0.4 is 10.1 Å². The molecule has 0 aliphatic carbocycles. The molecular formula is C16H17ClN2O5S. The highest BCUT2D eigenvalue weighted by atomic mass is 35.5. The number of nitrogens with zero attached hydrogens (tertiary/aromatic N) is 1. The fraction of sp³-hybridized carbons (Fsp3) is 0.438. The smallest absolute Gasteiger partial charge is 0.341 e. The summed E-state index contributed by atoms with van der Waals surface area (Å²) in [5, 5.41) is 11.6. The third-order valence-corrected chi connectivity index (χ3v) is 6.10. The number of anilines is 1. The van der Waals surface area contributed by atoms with Crippen LogP contribution in [-0.4, -0.2) is 51.1 Å². The van der Waals surface area contributed by atoms with Crippen molar-refractivity contribution in [1.82, 2.24) is 4.90 Å². The van der Waals surface area contributed by atoms with Gasteiger partial charge in [-0.1, -0.05) is 11.6 Å². The molecule has 2 atom stereocenters. The quantitative estimate of drug-likeness (QED) is 0.807. The fourth-order valence-electron chi connectivity index (χ4n) is 3.08. The van der Waals surface area contributed by atoms with Crippen LogP contribution in [0.15, 0.2) is 18.2 Å². The minimum absolute atomic E-state index is 0.00287. The highest BCUT2D eigenvalue weighted by molar-refractivity contribution is 8.01. The number of nitrogens with one attached hydrogen (secondary N) is 1. The molecular weight excluding hydrogens is 368 g/mol. The summed E-state index contributed by atoms with van der Waals surface area (Å²) >= 11 is 7.68. The third kappa shape index (κ3) is 3.55. The monoisotopic (exact) mass is 384 g/mol. The van der Waals surface area contributed by atoms with Crippen molar-refractivity contribution >= 4 is 46.8 Å². The maximum atomic E-state index is 12.6. The van der Waals surface area contributed by atoms with Gasteiger partial charge in [0.05, 0.1) is 9.89 Å². The second-order valence-corrected chi connectivity index (χ2v) is 7.99. The second kappa shape index (κ2) is 6.76. The van der Waals surface area contributed by atoms with Gasteiger partial charge in [-0.05, 0) is 31.5 Å². The number of amides is 2. The normalized spacial score (nSPS) is 25.0. The molecule has 3 rings (SSSR count). The van der Waals surface area contributed by atoms with E-state index in [-0.39, 0.29) is 27.5 Å². The Balaban J connectivity index is 1.68. The molecule has 2 fully saturated rings. The number of hydrogen-bond donors (Lipinski definition) is 2. The summed E-state index contributed by atoms with van der Waals surface area (Å²) in [5.74, 6) is -0.585. The Morgan fingerprint density at radius 3 is 2.96 bits per heavy atom. The van der Waals surface area contributed by atoms with Gasteiger partial charge in [-0.2, -0.15) is 0 Å². The van der Waals surface area contributed by atoms with Crippen LogP contribution in [0, 0.1) is 0 Å². The average Bonchev–Trinajstić information content (AvgIpc) is 3.03. The zero-order valence-corrected chi connectivity index (χ0v) is 15.0. The van der Waals surface area contributed by atoms with E-state index in [0.717, 1.165) is 6.42 Å². The van der Waals surface area contributed by atoms with E-state index >= 15 is 0 Å². The number of thioether (sulfide) groups is 1. The van der Waals surface area contributed by atoms with Crippen molar-refractivity contribution in [3.63, 3.8) is 0 Å². The van der Waals surface area contributed by atoms with Gasteiger partial charge in [-0.15, -0.1) is 11.8 Å². The Morgan fingerprint density at radius 1 is 1.52 bits per heavy atom. The average molecular weight is 385 g/mol. The third-order valence-electron chi connectivity index (χ3n) is 4.30. The number of ether oxygens (including phenoxy) is 1. The van der Waals surface area contributed by atoms with Crippen molar-refractivity contribution in [1.29, 1.82) is 0 Å². The molecule has 7 nitrogen and oxygen atoms in total. The van der Waals surface area contributed by atoms with E-state index in [1.54, 1.807) is 22.7 Å². The van der Waals surface area contributed by atoms with Gasteiger partial charge in [-0.3, -0.25) is 9.59 Å². The van der Waals surface area contributed by atoms with Crippen molar-refractivity contribution < 1.29 is 24.2 Å². The van der Waals surface area contributed by atoms with Crippen LogP contribution in [0.1, 0.15) is 19.8 Å². The predicted molar refractivity (Wildman–Crippen MR) is 93.9 cm³/mol. The number of aliphatic carboxylic acids is 1. The maximum Gasteiger partial charge on any atom is 0.341 e. The molecule has 0 spiro atoms. The number of benzene rings is 1. The largest absolute Gasteiger partial charge is 0.480 e. The molecule has 2 aliphatic rings. The van der Waals surface area contributed by atoms with Gasteiger partial charge < -0.3 is 20.1 Å². The maximum absolute atomic E-state index is 12.6. The van der Waals surface area contributed by atoms with Crippen LogP contribution >= 0.6 is 23.4 Å². The first kappa shape index (κ1) is 17.9. The summed E-state index contributed by atoms with van der Waals surface area (Å²) in [6, 6.07) is 4.06. The lowest BCUT2D eigenvalue weighted by molar-refractivity contribution is -0.139. The van der Waals surface area contributed by atoms with Gasteiger partial charge in [0.1, 0.15) is 11.8 Å². The molecule has 1 aromatic rings. The molecule has 2 heterocycles. The molecule has 0 saturated carbocycles. The molecule has 2 aliphatic heterocycles. The Hall–Kier alpha value is -1.93. The van der Waals surface area contributed by atoms with Gasteiger partial charge in [0.25, 0.3) is 0 Å². The highest BCUT2D eigenvalue weighted by Crippen LogP contribution is 2.47. The van der Waals surface area contributed by atoms with Crippen molar-refractivity contribution in [3.8, 4) is 5.75 Å². The van der Waals surface area contributed by atoms with E-state index in [1.165, 1.54) is 12.1 Å². The first-order chi connectivity index (χ1) is 11.8. The Bertz CT molecular complexity index is 743. The number of halogens is 1. The second-order valence-electron chi connectivity index (χ2n) is 6.08. The van der Waals surface area contributed by atoms with Crippen molar-refractivity contribution in [2.75, 3.05) is 17.7 Å². The number of carboxylic acids is 1. The first-order valence-corrected chi connectivity index (χ1v) is 9.08. The molecule has 0 radical (unpaired) electrons. The van der Waals surface area contributed by atoms with E-state index in [0.29, 0.717) is 17.9 Å². The molecule has 134 valence electrons. The molecule has 2 amide bonds. The zero-order chi connectivity index (χ0) is 18.2. The van der Waals surface area contributed by atoms with E-state index in [9.17, 15) is 14.4 Å². The summed E-state index contributed by atoms with van der Waals surface area (Å²) in [6.07, 6.45) is 1.22. The highest BCUT2D eigenvalue weighted by Gasteiger charge is 2.52. The van der Waals surface area contributed by atoms with Crippen molar-refractivity contribution in [2.24, 2.45) is 0 Å². The van der Waals surface area contributed by atoms with Crippen molar-refractivity contribution in [3.05, 3.63) is 23.2 Å². The summed E-state index contributed by atoms with van der Waals surface area (Å²) in [4.78, 5) is 36.6. The Labute approximate surface area is 153 Å². The SMILES string of the molecule is CC12CCC(=O)N1C(C(=O)Nc1ccc(OCC(=O)O)c(Cl)c1)CS2. The van der Waals surface area contributed by atoms with Crippen LogP contribution in [0.5, 0.6) is 5.75 Å². The van der Waals surface area contributed by atoms with Gasteiger partial charge >= 0.3 is 5.97 Å². The van der Waals surface area contributed by atoms with Gasteiger partial charge in [0.2, 0.25) is 11.8 Å². The first-order valence-electron chi connectivity index (χ1n) is 7.71. The molecule has 2 unspecified atom stereocenters. The Kier molecular flexibility index (Phi) is 4.83. The minimum Gasteiger partial charge on any atom is -0.480 e. The summed E-state index contributed by atoms with van der Waals surface area (Å²) in [5.41, 5.74) is 0.461. The number of hydrogen-bond acceptors (Lipinski definition) is 5. The lowest BCUT2D eigenvalue weighted by Crippen LogP contribution is -2.48. The van der Waals surface area contributed by atoms with E-state index in [2.05, 4.69) is 5.32 Å². The molecule has 25 heavy (non-hydrogen) atoms. The van der Waals surface area contributed by atoms with Crippen LogP contribution in [-0.2, 0) is 14.4 Å². The van der Waals surface area contributed by atoms with E-state index in [1.807, 2.05) is 6.92 Å². The van der Waals surface area contributed by atoms with E-state index < -0.39 is 18.6 Å².